The molecule has 0 saturated carbocycles. The van der Waals surface area contributed by atoms with Crippen molar-refractivity contribution >= 4 is 27.5 Å². The topological polar surface area (TPSA) is 76.4 Å². The summed E-state index contributed by atoms with van der Waals surface area (Å²) in [6, 6.07) is 21.5. The van der Waals surface area contributed by atoms with Crippen LogP contribution in [-0.2, 0) is 9.84 Å². The van der Waals surface area contributed by atoms with Gasteiger partial charge in [0, 0.05) is 0 Å². The third kappa shape index (κ3) is 4.77. The number of ether oxygens (including phenoxy) is 2. The van der Waals surface area contributed by atoms with Crippen LogP contribution in [0.3, 0.4) is 0 Å². The average molecular weight is 426 g/mol. The van der Waals surface area contributed by atoms with Crippen molar-refractivity contribution in [3.63, 3.8) is 0 Å². The van der Waals surface area contributed by atoms with Gasteiger partial charge in [0.25, 0.3) is 0 Å². The lowest BCUT2D eigenvalue weighted by Gasteiger charge is -2.08. The monoisotopic (exact) mass is 425 g/mol. The quantitative estimate of drug-likeness (QED) is 0.489. The predicted molar refractivity (Wildman–Crippen MR) is 112 cm³/mol. The van der Waals surface area contributed by atoms with Crippen LogP contribution in [0.4, 0.5) is 0 Å². The van der Waals surface area contributed by atoms with Crippen molar-refractivity contribution in [2.45, 2.75) is 4.90 Å². The molecule has 7 heteroatoms. The molecule has 0 aliphatic heterocycles. The summed E-state index contributed by atoms with van der Waals surface area (Å²) in [5.74, 6) is 1.66. The first-order valence-corrected chi connectivity index (χ1v) is 10.3. The van der Waals surface area contributed by atoms with Crippen molar-refractivity contribution in [3.05, 3.63) is 88.3 Å². The van der Waals surface area contributed by atoms with Crippen LogP contribution in [0.2, 0.25) is 5.02 Å². The number of nitriles is 1. The van der Waals surface area contributed by atoms with Crippen LogP contribution in [0, 0.1) is 11.3 Å². The van der Waals surface area contributed by atoms with Crippen molar-refractivity contribution in [1.82, 2.24) is 0 Å². The molecular weight excluding hydrogens is 410 g/mol. The van der Waals surface area contributed by atoms with Crippen LogP contribution < -0.4 is 9.47 Å². The lowest BCUT2D eigenvalue weighted by Crippen LogP contribution is -2.03. The second kappa shape index (κ2) is 8.82. The van der Waals surface area contributed by atoms with Gasteiger partial charge in [-0.15, -0.1) is 0 Å². The van der Waals surface area contributed by atoms with Crippen molar-refractivity contribution in [1.29, 1.82) is 5.26 Å². The number of hydrogen-bond acceptors (Lipinski definition) is 5. The van der Waals surface area contributed by atoms with Crippen molar-refractivity contribution in [2.75, 3.05) is 7.11 Å². The second-order valence-electron chi connectivity index (χ2n) is 5.90. The number of methoxy groups -OCH3 is 1. The molecule has 0 bridgehead atoms. The van der Waals surface area contributed by atoms with Crippen molar-refractivity contribution in [3.8, 4) is 23.3 Å². The molecule has 0 unspecified atom stereocenters. The SMILES string of the molecule is COc1ccc(S(=O)(=O)C(C#N)=Cc2ccc(Oc3ccccc3)cc2Cl)cc1. The molecule has 0 heterocycles. The molecule has 0 N–H and O–H groups in total. The van der Waals surface area contributed by atoms with E-state index in [-0.39, 0.29) is 9.92 Å². The molecule has 5 nitrogen and oxygen atoms in total. The smallest absolute Gasteiger partial charge is 0.216 e. The molecule has 29 heavy (non-hydrogen) atoms. The number of sulfone groups is 1. The van der Waals surface area contributed by atoms with Gasteiger partial charge in [0.15, 0.2) is 0 Å². The van der Waals surface area contributed by atoms with E-state index in [1.54, 1.807) is 36.4 Å². The molecule has 0 aliphatic rings. The van der Waals surface area contributed by atoms with E-state index in [0.717, 1.165) is 0 Å². The second-order valence-corrected chi connectivity index (χ2v) is 8.22. The fourth-order valence-corrected chi connectivity index (χ4v) is 3.88. The summed E-state index contributed by atoms with van der Waals surface area (Å²) in [5.41, 5.74) is 0.390. The summed E-state index contributed by atoms with van der Waals surface area (Å²) in [6.45, 7) is 0. The fourth-order valence-electron chi connectivity index (χ4n) is 2.51. The van der Waals surface area contributed by atoms with Gasteiger partial charge in [0.2, 0.25) is 9.84 Å². The summed E-state index contributed by atoms with van der Waals surface area (Å²) in [7, 11) is -2.51. The maximum absolute atomic E-state index is 12.8. The van der Waals surface area contributed by atoms with Gasteiger partial charge in [-0.05, 0) is 66.2 Å². The van der Waals surface area contributed by atoms with E-state index in [2.05, 4.69) is 0 Å². The Morgan fingerprint density at radius 3 is 2.21 bits per heavy atom. The highest BCUT2D eigenvalue weighted by atomic mass is 35.5. The van der Waals surface area contributed by atoms with E-state index >= 15 is 0 Å². The lowest BCUT2D eigenvalue weighted by molar-refractivity contribution is 0.414. The Balaban J connectivity index is 1.91. The summed E-state index contributed by atoms with van der Waals surface area (Å²) in [4.78, 5) is -0.424. The zero-order valence-electron chi connectivity index (χ0n) is 15.4. The molecule has 0 aromatic heterocycles. The Morgan fingerprint density at radius 1 is 0.966 bits per heavy atom. The minimum atomic E-state index is -4.00. The third-order valence-corrected chi connectivity index (χ3v) is 6.02. The molecule has 0 atom stereocenters. The van der Waals surface area contributed by atoms with Gasteiger partial charge in [-0.25, -0.2) is 8.42 Å². The van der Waals surface area contributed by atoms with Crippen LogP contribution >= 0.6 is 11.6 Å². The minimum absolute atomic E-state index is 0.00810. The van der Waals surface area contributed by atoms with Gasteiger partial charge in [0.1, 0.15) is 28.2 Å². The molecule has 3 aromatic carbocycles. The molecule has 3 rings (SSSR count). The van der Waals surface area contributed by atoms with Crippen molar-refractivity contribution < 1.29 is 17.9 Å². The van der Waals surface area contributed by atoms with Gasteiger partial charge in [0.05, 0.1) is 17.0 Å². The molecular formula is C22H16ClNO4S. The van der Waals surface area contributed by atoms with Crippen molar-refractivity contribution in [2.24, 2.45) is 0 Å². The minimum Gasteiger partial charge on any atom is -0.497 e. The summed E-state index contributed by atoms with van der Waals surface area (Å²) < 4.78 is 36.3. The maximum Gasteiger partial charge on any atom is 0.216 e. The van der Waals surface area contributed by atoms with E-state index in [0.29, 0.717) is 22.8 Å². The number of allylic oxidation sites excluding steroid dienone is 1. The van der Waals surface area contributed by atoms with E-state index in [4.69, 9.17) is 21.1 Å². The summed E-state index contributed by atoms with van der Waals surface area (Å²) in [6.07, 6.45) is 1.24. The molecule has 0 aliphatic carbocycles. The Hall–Kier alpha value is -3.27. The largest absolute Gasteiger partial charge is 0.497 e. The van der Waals surface area contributed by atoms with E-state index in [9.17, 15) is 13.7 Å². The first-order valence-electron chi connectivity index (χ1n) is 8.47. The van der Waals surface area contributed by atoms with Crippen LogP contribution in [0.5, 0.6) is 17.2 Å². The Labute approximate surface area is 174 Å². The molecule has 0 saturated heterocycles. The average Bonchev–Trinajstić information content (AvgIpc) is 2.74. The Bertz CT molecular complexity index is 1180. The number of benzene rings is 3. The van der Waals surface area contributed by atoms with Gasteiger partial charge in [-0.3, -0.25) is 0 Å². The van der Waals surface area contributed by atoms with Crippen LogP contribution in [0.25, 0.3) is 6.08 Å². The Morgan fingerprint density at radius 2 is 1.62 bits per heavy atom. The molecule has 0 amide bonds. The van der Waals surface area contributed by atoms with Crippen LogP contribution in [-0.4, -0.2) is 15.5 Å². The highest BCUT2D eigenvalue weighted by Gasteiger charge is 2.21. The lowest BCUT2D eigenvalue weighted by atomic mass is 10.2. The van der Waals surface area contributed by atoms with Gasteiger partial charge in [-0.2, -0.15) is 5.26 Å². The van der Waals surface area contributed by atoms with Gasteiger partial charge >= 0.3 is 0 Å². The van der Waals surface area contributed by atoms with Gasteiger partial charge < -0.3 is 9.47 Å². The number of nitrogens with zero attached hydrogens (tertiary/aromatic N) is 1. The number of para-hydroxylation sites is 1. The van der Waals surface area contributed by atoms with E-state index < -0.39 is 14.7 Å². The van der Waals surface area contributed by atoms with E-state index in [1.807, 2.05) is 18.2 Å². The Kier molecular flexibility index (Phi) is 6.23. The molecule has 3 aromatic rings. The first kappa shape index (κ1) is 20.5. The highest BCUT2D eigenvalue weighted by molar-refractivity contribution is 7.95. The van der Waals surface area contributed by atoms with Gasteiger partial charge in [-0.1, -0.05) is 29.8 Å². The van der Waals surface area contributed by atoms with E-state index in [1.165, 1.54) is 37.5 Å². The number of rotatable bonds is 6. The fraction of sp³-hybridized carbons (Fsp3) is 0.0455. The predicted octanol–water partition coefficient (Wildman–Crippen LogP) is 5.48. The molecule has 146 valence electrons. The number of hydrogen-bond donors (Lipinski definition) is 0. The summed E-state index contributed by atoms with van der Waals surface area (Å²) in [5, 5.41) is 9.70. The third-order valence-electron chi connectivity index (χ3n) is 4.01. The zero-order chi connectivity index (χ0) is 20.9. The highest BCUT2D eigenvalue weighted by Crippen LogP contribution is 2.30. The number of halogens is 1. The normalized spacial score (nSPS) is 11.6. The molecule has 0 spiro atoms. The van der Waals surface area contributed by atoms with Crippen LogP contribution in [0.15, 0.2) is 82.6 Å². The zero-order valence-corrected chi connectivity index (χ0v) is 16.9. The summed E-state index contributed by atoms with van der Waals surface area (Å²) >= 11 is 6.29. The molecule has 0 radical (unpaired) electrons. The molecule has 0 fully saturated rings. The first-order chi connectivity index (χ1) is 13.9. The van der Waals surface area contributed by atoms with Crippen LogP contribution in [0.1, 0.15) is 5.56 Å². The standard InChI is InChI=1S/C22H16ClNO4S/c1-27-17-9-11-20(12-10-17)29(25,26)21(15-24)13-16-7-8-19(14-22(16)23)28-18-5-3-2-4-6-18/h2-14H,1H3. The maximum atomic E-state index is 12.8.